The van der Waals surface area contributed by atoms with Crippen LogP contribution in [0.2, 0.25) is 0 Å². The molecule has 1 aliphatic heterocycles. The normalized spacial score (nSPS) is 16.9. The zero-order valence-electron chi connectivity index (χ0n) is 17.1. The third kappa shape index (κ3) is 4.06. The average molecular weight is 409 g/mol. The Morgan fingerprint density at radius 1 is 1.23 bits per heavy atom. The lowest BCUT2D eigenvalue weighted by molar-refractivity contribution is 0.0528. The van der Waals surface area contributed by atoms with E-state index in [0.29, 0.717) is 40.8 Å². The Balaban J connectivity index is 1.73. The van der Waals surface area contributed by atoms with Gasteiger partial charge in [-0.1, -0.05) is 30.3 Å². The van der Waals surface area contributed by atoms with Crippen molar-refractivity contribution in [1.29, 1.82) is 0 Å². The maximum Gasteiger partial charge on any atom is 0.342 e. The summed E-state index contributed by atoms with van der Waals surface area (Å²) in [6.45, 7) is 4.42. The number of carbonyl (C=O) groups excluding carboxylic acids is 1. The zero-order chi connectivity index (χ0) is 21.1. The molecule has 0 saturated carbocycles. The van der Waals surface area contributed by atoms with Crippen molar-refractivity contribution < 1.29 is 24.2 Å². The Hall–Kier alpha value is -2.83. The monoisotopic (exact) mass is 409 g/mol. The van der Waals surface area contributed by atoms with Gasteiger partial charge in [0.15, 0.2) is 0 Å². The molecule has 6 heteroatoms. The van der Waals surface area contributed by atoms with Gasteiger partial charge < -0.3 is 24.3 Å². The standard InChI is InChI=1S/C24H27NO5/c1-2-29-24(28)22-21-18(9-6-13-25-14-12-17(26)15-25)19(27)10-11-20(21)30-23(22)16-7-4-3-5-8-16/h3-5,7-8,10-11,17,26-27H,2,6,9,12-15H2,1H3/t17-/m1/s1. The molecule has 2 heterocycles. The average Bonchev–Trinajstić information content (AvgIpc) is 3.34. The maximum absolute atomic E-state index is 12.9. The molecule has 1 aromatic heterocycles. The van der Waals surface area contributed by atoms with Crippen LogP contribution in [0.25, 0.3) is 22.3 Å². The Morgan fingerprint density at radius 3 is 2.73 bits per heavy atom. The number of hydrogen-bond donors (Lipinski definition) is 2. The number of phenols is 1. The van der Waals surface area contributed by atoms with Gasteiger partial charge in [0.2, 0.25) is 0 Å². The molecule has 0 unspecified atom stereocenters. The molecule has 1 atom stereocenters. The first-order valence-electron chi connectivity index (χ1n) is 10.5. The second-order valence-electron chi connectivity index (χ2n) is 7.68. The van der Waals surface area contributed by atoms with Crippen LogP contribution in [0.1, 0.15) is 35.7 Å². The fourth-order valence-corrected chi connectivity index (χ4v) is 4.19. The minimum atomic E-state index is -0.454. The smallest absolute Gasteiger partial charge is 0.342 e. The van der Waals surface area contributed by atoms with E-state index in [-0.39, 0.29) is 18.5 Å². The number of aliphatic hydroxyl groups excluding tert-OH is 1. The number of phenolic OH excluding ortho intramolecular Hbond substituents is 1. The van der Waals surface area contributed by atoms with Crippen molar-refractivity contribution in [2.75, 3.05) is 26.2 Å². The highest BCUT2D eigenvalue weighted by Gasteiger charge is 2.27. The highest BCUT2D eigenvalue weighted by atomic mass is 16.5. The summed E-state index contributed by atoms with van der Waals surface area (Å²) in [5, 5.41) is 20.9. The minimum absolute atomic E-state index is 0.148. The van der Waals surface area contributed by atoms with Crippen molar-refractivity contribution in [1.82, 2.24) is 4.90 Å². The molecule has 3 aromatic rings. The maximum atomic E-state index is 12.9. The van der Waals surface area contributed by atoms with Crippen LogP contribution < -0.4 is 0 Å². The summed E-state index contributed by atoms with van der Waals surface area (Å²) in [6, 6.07) is 12.8. The van der Waals surface area contributed by atoms with Crippen LogP contribution >= 0.6 is 0 Å². The molecule has 2 N–H and O–H groups in total. The van der Waals surface area contributed by atoms with Gasteiger partial charge in [-0.25, -0.2) is 4.79 Å². The molecule has 1 fully saturated rings. The van der Waals surface area contributed by atoms with Crippen LogP contribution in [0.5, 0.6) is 5.75 Å². The third-order valence-electron chi connectivity index (χ3n) is 5.60. The van der Waals surface area contributed by atoms with Crippen molar-refractivity contribution in [2.45, 2.75) is 32.3 Å². The van der Waals surface area contributed by atoms with Crippen molar-refractivity contribution >= 4 is 16.9 Å². The molecule has 0 bridgehead atoms. The van der Waals surface area contributed by atoms with E-state index in [9.17, 15) is 15.0 Å². The lowest BCUT2D eigenvalue weighted by atomic mass is 9.98. The number of furan rings is 1. The zero-order valence-corrected chi connectivity index (χ0v) is 17.1. The number of carbonyl (C=O) groups is 1. The summed E-state index contributed by atoms with van der Waals surface area (Å²) in [5.74, 6) is 0.151. The molecule has 4 rings (SSSR count). The Kier molecular flexibility index (Phi) is 6.06. The van der Waals surface area contributed by atoms with E-state index in [1.807, 2.05) is 30.3 Å². The van der Waals surface area contributed by atoms with E-state index in [2.05, 4.69) is 4.90 Å². The molecule has 0 amide bonds. The molecule has 0 radical (unpaired) electrons. The quantitative estimate of drug-likeness (QED) is 0.575. The van der Waals surface area contributed by atoms with E-state index in [1.165, 1.54) is 0 Å². The van der Waals surface area contributed by atoms with Gasteiger partial charge in [-0.05, 0) is 44.9 Å². The fraction of sp³-hybridized carbons (Fsp3) is 0.375. The Labute approximate surface area is 175 Å². The number of aryl methyl sites for hydroxylation is 1. The van der Waals surface area contributed by atoms with Gasteiger partial charge in [0.1, 0.15) is 22.7 Å². The van der Waals surface area contributed by atoms with E-state index < -0.39 is 5.97 Å². The number of hydrogen-bond acceptors (Lipinski definition) is 6. The summed E-state index contributed by atoms with van der Waals surface area (Å²) in [4.78, 5) is 15.1. The summed E-state index contributed by atoms with van der Waals surface area (Å²) >= 11 is 0. The summed E-state index contributed by atoms with van der Waals surface area (Å²) in [6.07, 6.45) is 1.94. The molecule has 6 nitrogen and oxygen atoms in total. The number of likely N-dealkylation sites (tertiary alicyclic amines) is 1. The fourth-order valence-electron chi connectivity index (χ4n) is 4.19. The highest BCUT2D eigenvalue weighted by Crippen LogP contribution is 2.39. The molecular formula is C24H27NO5. The number of aromatic hydroxyl groups is 1. The molecule has 30 heavy (non-hydrogen) atoms. The van der Waals surface area contributed by atoms with Gasteiger partial charge in [-0.15, -0.1) is 0 Å². The van der Waals surface area contributed by atoms with Crippen LogP contribution in [-0.2, 0) is 11.2 Å². The van der Waals surface area contributed by atoms with Gasteiger partial charge in [0, 0.05) is 29.6 Å². The summed E-state index contributed by atoms with van der Waals surface area (Å²) in [7, 11) is 0. The molecule has 1 saturated heterocycles. The second kappa shape index (κ2) is 8.90. The van der Waals surface area contributed by atoms with Crippen molar-refractivity contribution in [3.8, 4) is 17.1 Å². The third-order valence-corrected chi connectivity index (χ3v) is 5.60. The number of ether oxygens (including phenoxy) is 1. The molecule has 0 aliphatic carbocycles. The predicted octanol–water partition coefficient (Wildman–Crippen LogP) is 3.98. The molecule has 158 valence electrons. The largest absolute Gasteiger partial charge is 0.508 e. The second-order valence-corrected chi connectivity index (χ2v) is 7.68. The van der Waals surface area contributed by atoms with Crippen LogP contribution in [0.15, 0.2) is 46.9 Å². The first-order valence-corrected chi connectivity index (χ1v) is 10.5. The lowest BCUT2D eigenvalue weighted by Crippen LogP contribution is -2.23. The van der Waals surface area contributed by atoms with Crippen LogP contribution in [-0.4, -0.2) is 53.4 Å². The van der Waals surface area contributed by atoms with Crippen LogP contribution in [0.3, 0.4) is 0 Å². The molecule has 0 spiro atoms. The number of fused-ring (bicyclic) bond motifs is 1. The van der Waals surface area contributed by atoms with Gasteiger partial charge in [0.05, 0.1) is 12.7 Å². The predicted molar refractivity (Wildman–Crippen MR) is 115 cm³/mol. The highest BCUT2D eigenvalue weighted by molar-refractivity contribution is 6.10. The minimum Gasteiger partial charge on any atom is -0.508 e. The lowest BCUT2D eigenvalue weighted by Gasteiger charge is -2.15. The van der Waals surface area contributed by atoms with E-state index >= 15 is 0 Å². The molecular weight excluding hydrogens is 382 g/mol. The van der Waals surface area contributed by atoms with E-state index in [0.717, 1.165) is 31.5 Å². The molecule has 1 aliphatic rings. The molecule has 2 aromatic carbocycles. The van der Waals surface area contributed by atoms with Crippen molar-refractivity contribution in [3.05, 3.63) is 53.6 Å². The van der Waals surface area contributed by atoms with Gasteiger partial charge in [-0.2, -0.15) is 0 Å². The van der Waals surface area contributed by atoms with Gasteiger partial charge in [0.25, 0.3) is 0 Å². The first kappa shape index (κ1) is 20.4. The van der Waals surface area contributed by atoms with Crippen molar-refractivity contribution in [3.63, 3.8) is 0 Å². The number of nitrogens with zero attached hydrogens (tertiary/aromatic N) is 1. The Bertz CT molecular complexity index is 1030. The first-order chi connectivity index (χ1) is 14.6. The van der Waals surface area contributed by atoms with Gasteiger partial charge in [-0.3, -0.25) is 0 Å². The topological polar surface area (TPSA) is 83.1 Å². The summed E-state index contributed by atoms with van der Waals surface area (Å²) in [5.41, 5.74) is 2.40. The van der Waals surface area contributed by atoms with Crippen molar-refractivity contribution in [2.24, 2.45) is 0 Å². The number of rotatable bonds is 7. The van der Waals surface area contributed by atoms with E-state index in [1.54, 1.807) is 19.1 Å². The number of benzene rings is 2. The van der Waals surface area contributed by atoms with Crippen LogP contribution in [0.4, 0.5) is 0 Å². The SMILES string of the molecule is CCOC(=O)c1c(-c2ccccc2)oc2ccc(O)c(CCCN3CC[C@@H](O)C3)c12. The van der Waals surface area contributed by atoms with Crippen LogP contribution in [0, 0.1) is 0 Å². The number of esters is 1. The van der Waals surface area contributed by atoms with E-state index in [4.69, 9.17) is 9.15 Å². The Morgan fingerprint density at radius 2 is 2.03 bits per heavy atom. The van der Waals surface area contributed by atoms with Gasteiger partial charge >= 0.3 is 5.97 Å². The number of β-amino-alcohol motifs (C(OH)–C–C–N with tert-alkyl or cyclic N) is 1. The summed E-state index contributed by atoms with van der Waals surface area (Å²) < 4.78 is 11.4. The number of aliphatic hydroxyl groups is 1.